The maximum atomic E-state index is 5.03. The second-order valence-corrected chi connectivity index (χ2v) is 5.28. The van der Waals surface area contributed by atoms with E-state index < -0.39 is 0 Å². The molecule has 0 aliphatic heterocycles. The summed E-state index contributed by atoms with van der Waals surface area (Å²) in [6, 6.07) is 10.4. The molecule has 0 saturated heterocycles. The average molecular weight is 259 g/mol. The molecule has 0 bridgehead atoms. The highest BCUT2D eigenvalue weighted by atomic mass is 32.2. The summed E-state index contributed by atoms with van der Waals surface area (Å²) >= 11 is 1.37. The number of rotatable bonds is 3. The van der Waals surface area contributed by atoms with Gasteiger partial charge in [-0.05, 0) is 50.1 Å². The van der Waals surface area contributed by atoms with Crippen LogP contribution >= 0.6 is 12.0 Å². The van der Waals surface area contributed by atoms with E-state index in [1.165, 1.54) is 23.2 Å². The molecule has 0 radical (unpaired) electrons. The molecule has 0 aliphatic carbocycles. The Hall–Kier alpha value is -1.32. The van der Waals surface area contributed by atoms with E-state index in [2.05, 4.69) is 56.1 Å². The van der Waals surface area contributed by atoms with Gasteiger partial charge in [-0.15, -0.1) is 0 Å². The number of hydrogen-bond donors (Lipinski definition) is 0. The van der Waals surface area contributed by atoms with Crippen molar-refractivity contribution < 1.29 is 4.18 Å². The number of aryl methyl sites for hydroxylation is 2. The maximum Gasteiger partial charge on any atom is 0.0708 e. The van der Waals surface area contributed by atoms with E-state index in [9.17, 15) is 0 Å². The van der Waals surface area contributed by atoms with Crippen LogP contribution in [0.25, 0.3) is 11.3 Å². The third-order valence-corrected chi connectivity index (χ3v) is 3.74. The van der Waals surface area contributed by atoms with Crippen molar-refractivity contribution >= 4 is 12.0 Å². The Labute approximate surface area is 113 Å². The Morgan fingerprint density at radius 2 is 1.72 bits per heavy atom. The molecule has 0 atom stereocenters. The van der Waals surface area contributed by atoms with Gasteiger partial charge in [0.2, 0.25) is 0 Å². The molecule has 1 aromatic heterocycles. The summed E-state index contributed by atoms with van der Waals surface area (Å²) in [7, 11) is 1.67. The molecule has 18 heavy (non-hydrogen) atoms. The molecule has 0 aliphatic rings. The quantitative estimate of drug-likeness (QED) is 0.766. The highest BCUT2D eigenvalue weighted by Gasteiger charge is 2.05. The highest BCUT2D eigenvalue weighted by Crippen LogP contribution is 2.25. The zero-order valence-corrected chi connectivity index (χ0v) is 12.0. The first-order valence-corrected chi connectivity index (χ1v) is 6.62. The zero-order chi connectivity index (χ0) is 13.1. The number of benzene rings is 1. The first-order valence-electron chi connectivity index (χ1n) is 5.87. The molecular formula is C15H17NOS. The van der Waals surface area contributed by atoms with Crippen molar-refractivity contribution in [2.24, 2.45) is 0 Å². The molecule has 94 valence electrons. The summed E-state index contributed by atoms with van der Waals surface area (Å²) in [6.07, 6.45) is 0. The normalized spacial score (nSPS) is 10.7. The molecule has 0 amide bonds. The van der Waals surface area contributed by atoms with Crippen LogP contribution in [0, 0.1) is 20.8 Å². The van der Waals surface area contributed by atoms with Crippen LogP contribution in [0.1, 0.15) is 16.8 Å². The van der Waals surface area contributed by atoms with Crippen LogP contribution in [0.5, 0.6) is 0 Å². The van der Waals surface area contributed by atoms with Crippen molar-refractivity contribution in [3.05, 3.63) is 47.2 Å². The van der Waals surface area contributed by atoms with Crippen molar-refractivity contribution in [1.29, 1.82) is 0 Å². The van der Waals surface area contributed by atoms with Gasteiger partial charge in [0.1, 0.15) is 0 Å². The number of aromatic nitrogens is 1. The third kappa shape index (κ3) is 2.74. The molecule has 0 fully saturated rings. The topological polar surface area (TPSA) is 22.1 Å². The molecule has 1 heterocycles. The standard InChI is InChI=1S/C15H17NOS/c1-10-9-15(16-12(3)11(10)2)13-5-7-14(8-6-13)18-17-4/h5-9H,1-4H3. The monoisotopic (exact) mass is 259 g/mol. The van der Waals surface area contributed by atoms with Crippen molar-refractivity contribution in [3.8, 4) is 11.3 Å². The number of pyridine rings is 1. The van der Waals surface area contributed by atoms with E-state index in [1.54, 1.807) is 7.11 Å². The fourth-order valence-electron chi connectivity index (χ4n) is 1.82. The van der Waals surface area contributed by atoms with Gasteiger partial charge in [0.25, 0.3) is 0 Å². The predicted octanol–water partition coefficient (Wildman–Crippen LogP) is 4.33. The van der Waals surface area contributed by atoms with Crippen LogP contribution in [0.4, 0.5) is 0 Å². The lowest BCUT2D eigenvalue weighted by Gasteiger charge is -2.08. The number of nitrogens with zero attached hydrogens (tertiary/aromatic N) is 1. The lowest BCUT2D eigenvalue weighted by molar-refractivity contribution is 0.490. The third-order valence-electron chi connectivity index (χ3n) is 3.11. The Bertz CT molecular complexity index is 526. The Morgan fingerprint density at radius 3 is 2.28 bits per heavy atom. The minimum atomic E-state index is 1.03. The summed E-state index contributed by atoms with van der Waals surface area (Å²) in [5.74, 6) is 0. The number of hydrogen-bond acceptors (Lipinski definition) is 3. The van der Waals surface area contributed by atoms with Gasteiger partial charge in [0.15, 0.2) is 0 Å². The fraction of sp³-hybridized carbons (Fsp3) is 0.267. The lowest BCUT2D eigenvalue weighted by atomic mass is 10.0. The minimum Gasteiger partial charge on any atom is -0.314 e. The van der Waals surface area contributed by atoms with Crippen LogP contribution in [0.2, 0.25) is 0 Å². The largest absolute Gasteiger partial charge is 0.314 e. The zero-order valence-electron chi connectivity index (χ0n) is 11.2. The van der Waals surface area contributed by atoms with E-state index in [4.69, 9.17) is 4.18 Å². The first kappa shape index (κ1) is 13.1. The highest BCUT2D eigenvalue weighted by molar-refractivity contribution is 7.94. The SMILES string of the molecule is COSc1ccc(-c2cc(C)c(C)c(C)n2)cc1. The summed E-state index contributed by atoms with van der Waals surface area (Å²) in [5.41, 5.74) is 5.82. The van der Waals surface area contributed by atoms with Gasteiger partial charge < -0.3 is 4.18 Å². The first-order chi connectivity index (χ1) is 8.61. The average Bonchev–Trinajstić information content (AvgIpc) is 2.37. The van der Waals surface area contributed by atoms with Gasteiger partial charge in [-0.25, -0.2) is 0 Å². The molecule has 0 unspecified atom stereocenters. The van der Waals surface area contributed by atoms with Gasteiger partial charge in [0.05, 0.1) is 12.8 Å². The molecule has 1 aromatic carbocycles. The van der Waals surface area contributed by atoms with Crippen molar-refractivity contribution in [3.63, 3.8) is 0 Å². The van der Waals surface area contributed by atoms with Crippen molar-refractivity contribution in [2.45, 2.75) is 25.7 Å². The van der Waals surface area contributed by atoms with Gasteiger partial charge in [-0.2, -0.15) is 0 Å². The predicted molar refractivity (Wildman–Crippen MR) is 76.8 cm³/mol. The summed E-state index contributed by atoms with van der Waals surface area (Å²) in [6.45, 7) is 6.30. The summed E-state index contributed by atoms with van der Waals surface area (Å²) < 4.78 is 5.03. The second kappa shape index (κ2) is 5.55. The van der Waals surface area contributed by atoms with Crippen LogP contribution in [0.3, 0.4) is 0 Å². The smallest absolute Gasteiger partial charge is 0.0708 e. The summed E-state index contributed by atoms with van der Waals surface area (Å²) in [4.78, 5) is 5.74. The molecule has 0 N–H and O–H groups in total. The van der Waals surface area contributed by atoms with Crippen molar-refractivity contribution in [1.82, 2.24) is 4.98 Å². The van der Waals surface area contributed by atoms with E-state index in [-0.39, 0.29) is 0 Å². The molecule has 2 aromatic rings. The Morgan fingerprint density at radius 1 is 1.06 bits per heavy atom. The van der Waals surface area contributed by atoms with Crippen LogP contribution in [-0.2, 0) is 4.18 Å². The Balaban J connectivity index is 2.36. The maximum absolute atomic E-state index is 5.03. The van der Waals surface area contributed by atoms with Gasteiger partial charge in [-0.1, -0.05) is 12.1 Å². The van der Waals surface area contributed by atoms with Crippen molar-refractivity contribution in [2.75, 3.05) is 7.11 Å². The van der Waals surface area contributed by atoms with Crippen LogP contribution in [0.15, 0.2) is 35.2 Å². The van der Waals surface area contributed by atoms with Crippen LogP contribution < -0.4 is 0 Å². The van der Waals surface area contributed by atoms with E-state index in [0.717, 1.165) is 21.8 Å². The van der Waals surface area contributed by atoms with E-state index in [1.807, 2.05) is 0 Å². The van der Waals surface area contributed by atoms with E-state index in [0.29, 0.717) is 0 Å². The van der Waals surface area contributed by atoms with Crippen LogP contribution in [-0.4, -0.2) is 12.1 Å². The van der Waals surface area contributed by atoms with Gasteiger partial charge in [-0.3, -0.25) is 4.98 Å². The van der Waals surface area contributed by atoms with E-state index >= 15 is 0 Å². The van der Waals surface area contributed by atoms with Gasteiger partial charge >= 0.3 is 0 Å². The molecule has 2 nitrogen and oxygen atoms in total. The molecule has 0 spiro atoms. The minimum absolute atomic E-state index is 1.03. The second-order valence-electron chi connectivity index (χ2n) is 4.31. The summed E-state index contributed by atoms with van der Waals surface area (Å²) in [5, 5.41) is 0. The van der Waals surface area contributed by atoms with Gasteiger partial charge in [0, 0.05) is 28.2 Å². The lowest BCUT2D eigenvalue weighted by Crippen LogP contribution is -1.94. The molecule has 0 saturated carbocycles. The molecular weight excluding hydrogens is 242 g/mol. The fourth-order valence-corrected chi connectivity index (χ4v) is 2.26. The molecule has 3 heteroatoms. The molecule has 2 rings (SSSR count). The Kier molecular flexibility index (Phi) is 4.04.